The molecule has 2 N–H and O–H groups in total. The molecule has 2 rings (SSSR count). The molecule has 0 unspecified atom stereocenters. The molecule has 2 heterocycles. The Morgan fingerprint density at radius 3 is 3.06 bits per heavy atom. The standard InChI is InChI=1S/C10H10BrClFN3O/c11-8-2-1-6(12)9(15-8)16-10(17)7-3-5(13)4-14-7/h1-2,5,7,14H,3-4H2,(H,15,16,17)/t5-,7+/m1/s1. The largest absolute Gasteiger partial charge is 0.308 e. The van der Waals surface area contributed by atoms with Gasteiger partial charge >= 0.3 is 0 Å². The van der Waals surface area contributed by atoms with Crippen molar-refractivity contribution >= 4 is 39.3 Å². The third-order valence-corrected chi connectivity index (χ3v) is 3.19. The van der Waals surface area contributed by atoms with Crippen molar-refractivity contribution in [3.8, 4) is 0 Å². The highest BCUT2D eigenvalue weighted by Gasteiger charge is 2.29. The number of hydrogen-bond donors (Lipinski definition) is 2. The molecular formula is C10H10BrClFN3O. The van der Waals surface area contributed by atoms with Gasteiger partial charge in [0.15, 0.2) is 5.82 Å². The number of alkyl halides is 1. The minimum absolute atomic E-state index is 0.178. The van der Waals surface area contributed by atoms with Crippen molar-refractivity contribution in [2.75, 3.05) is 11.9 Å². The molecule has 1 aliphatic rings. The number of amides is 1. The van der Waals surface area contributed by atoms with E-state index < -0.39 is 12.2 Å². The second-order valence-electron chi connectivity index (χ2n) is 3.75. The Kier molecular flexibility index (Phi) is 3.96. The highest BCUT2D eigenvalue weighted by atomic mass is 79.9. The van der Waals surface area contributed by atoms with Crippen molar-refractivity contribution in [2.45, 2.75) is 18.6 Å². The number of carbonyl (C=O) groups excluding carboxylic acids is 1. The van der Waals surface area contributed by atoms with Crippen molar-refractivity contribution < 1.29 is 9.18 Å². The van der Waals surface area contributed by atoms with Crippen LogP contribution in [0.25, 0.3) is 0 Å². The van der Waals surface area contributed by atoms with Crippen molar-refractivity contribution in [2.24, 2.45) is 0 Å². The van der Waals surface area contributed by atoms with Crippen LogP contribution in [0.5, 0.6) is 0 Å². The van der Waals surface area contributed by atoms with Crippen LogP contribution in [0.3, 0.4) is 0 Å². The Morgan fingerprint density at radius 2 is 2.41 bits per heavy atom. The molecule has 0 radical (unpaired) electrons. The molecule has 0 aromatic carbocycles. The summed E-state index contributed by atoms with van der Waals surface area (Å²) >= 11 is 9.07. The number of halogens is 3. The molecule has 4 nitrogen and oxygen atoms in total. The molecule has 0 bridgehead atoms. The van der Waals surface area contributed by atoms with Gasteiger partial charge in [-0.25, -0.2) is 9.37 Å². The second kappa shape index (κ2) is 5.29. The number of pyridine rings is 1. The van der Waals surface area contributed by atoms with Crippen LogP contribution in [0.4, 0.5) is 10.2 Å². The van der Waals surface area contributed by atoms with E-state index in [1.165, 1.54) is 0 Å². The Balaban J connectivity index is 2.05. The number of nitrogens with zero attached hydrogens (tertiary/aromatic N) is 1. The Labute approximate surface area is 111 Å². The molecule has 0 spiro atoms. The molecule has 1 amide bonds. The summed E-state index contributed by atoms with van der Waals surface area (Å²) in [6, 6.07) is 2.76. The molecule has 7 heteroatoms. The smallest absolute Gasteiger partial charge is 0.242 e. The fraction of sp³-hybridized carbons (Fsp3) is 0.400. The Bertz CT molecular complexity index is 446. The molecule has 0 aliphatic carbocycles. The number of anilines is 1. The maximum absolute atomic E-state index is 12.9. The van der Waals surface area contributed by atoms with Gasteiger partial charge in [0.25, 0.3) is 0 Å². The second-order valence-corrected chi connectivity index (χ2v) is 4.97. The van der Waals surface area contributed by atoms with Crippen LogP contribution in [0.1, 0.15) is 6.42 Å². The zero-order chi connectivity index (χ0) is 12.4. The van der Waals surface area contributed by atoms with Crippen LogP contribution in [-0.2, 0) is 4.79 Å². The average Bonchev–Trinajstić information content (AvgIpc) is 2.70. The van der Waals surface area contributed by atoms with E-state index in [0.717, 1.165) is 0 Å². The number of nitrogens with one attached hydrogen (secondary N) is 2. The van der Waals surface area contributed by atoms with Gasteiger partial charge in [-0.15, -0.1) is 0 Å². The van der Waals surface area contributed by atoms with Gasteiger partial charge in [-0.3, -0.25) is 4.79 Å². The summed E-state index contributed by atoms with van der Waals surface area (Å²) in [4.78, 5) is 15.8. The van der Waals surface area contributed by atoms with Gasteiger partial charge in [0.05, 0.1) is 11.1 Å². The van der Waals surface area contributed by atoms with E-state index in [0.29, 0.717) is 9.63 Å². The molecular weight excluding hydrogens is 312 g/mol. The van der Waals surface area contributed by atoms with Gasteiger partial charge in [-0.2, -0.15) is 0 Å². The van der Waals surface area contributed by atoms with Gasteiger partial charge in [0.2, 0.25) is 5.91 Å². The minimum atomic E-state index is -0.975. The van der Waals surface area contributed by atoms with E-state index in [2.05, 4.69) is 31.5 Å². The third kappa shape index (κ3) is 3.14. The van der Waals surface area contributed by atoms with Crippen LogP contribution >= 0.6 is 27.5 Å². The van der Waals surface area contributed by atoms with E-state index >= 15 is 0 Å². The monoisotopic (exact) mass is 321 g/mol. The van der Waals surface area contributed by atoms with Crippen molar-refractivity contribution in [1.82, 2.24) is 10.3 Å². The highest BCUT2D eigenvalue weighted by Crippen LogP contribution is 2.22. The van der Waals surface area contributed by atoms with E-state index in [4.69, 9.17) is 11.6 Å². The van der Waals surface area contributed by atoms with E-state index in [9.17, 15) is 9.18 Å². The van der Waals surface area contributed by atoms with Crippen LogP contribution in [-0.4, -0.2) is 29.6 Å². The SMILES string of the molecule is O=C(Nc1nc(Br)ccc1Cl)[C@@H]1C[C@@H](F)CN1. The summed E-state index contributed by atoms with van der Waals surface area (Å²) < 4.78 is 13.5. The Morgan fingerprint density at radius 1 is 1.65 bits per heavy atom. The molecule has 1 aliphatic heterocycles. The molecule has 1 aromatic rings. The minimum Gasteiger partial charge on any atom is -0.308 e. The normalized spacial score (nSPS) is 23.7. The van der Waals surface area contributed by atoms with Crippen LogP contribution in [0, 0.1) is 0 Å². The van der Waals surface area contributed by atoms with Gasteiger partial charge in [-0.05, 0) is 28.1 Å². The lowest BCUT2D eigenvalue weighted by atomic mass is 10.2. The van der Waals surface area contributed by atoms with E-state index in [1.807, 2.05) is 0 Å². The zero-order valence-corrected chi connectivity index (χ0v) is 11.1. The lowest BCUT2D eigenvalue weighted by molar-refractivity contribution is -0.117. The number of aromatic nitrogens is 1. The summed E-state index contributed by atoms with van der Waals surface area (Å²) in [7, 11) is 0. The maximum Gasteiger partial charge on any atom is 0.242 e. The third-order valence-electron chi connectivity index (χ3n) is 2.45. The molecule has 0 saturated carbocycles. The van der Waals surface area contributed by atoms with Crippen molar-refractivity contribution in [3.63, 3.8) is 0 Å². The number of rotatable bonds is 2. The van der Waals surface area contributed by atoms with Crippen molar-refractivity contribution in [1.29, 1.82) is 0 Å². The first-order valence-electron chi connectivity index (χ1n) is 5.06. The predicted molar refractivity (Wildman–Crippen MR) is 66.9 cm³/mol. The lowest BCUT2D eigenvalue weighted by Crippen LogP contribution is -2.35. The van der Waals surface area contributed by atoms with Crippen molar-refractivity contribution in [3.05, 3.63) is 21.8 Å². The molecule has 17 heavy (non-hydrogen) atoms. The summed E-state index contributed by atoms with van der Waals surface area (Å²) in [6.45, 7) is 0.206. The molecule has 1 fully saturated rings. The highest BCUT2D eigenvalue weighted by molar-refractivity contribution is 9.10. The lowest BCUT2D eigenvalue weighted by Gasteiger charge is -2.11. The topological polar surface area (TPSA) is 54.0 Å². The summed E-state index contributed by atoms with van der Waals surface area (Å²) in [5.41, 5.74) is 0. The van der Waals surface area contributed by atoms with Gasteiger partial charge in [0, 0.05) is 13.0 Å². The summed E-state index contributed by atoms with van der Waals surface area (Å²) in [5.74, 6) is -0.0483. The van der Waals surface area contributed by atoms with Gasteiger partial charge in [-0.1, -0.05) is 11.6 Å². The first-order chi connectivity index (χ1) is 8.06. The van der Waals surface area contributed by atoms with Crippen LogP contribution < -0.4 is 10.6 Å². The molecule has 1 aromatic heterocycles. The number of carbonyl (C=O) groups is 1. The predicted octanol–water partition coefficient (Wildman–Crippen LogP) is 2.14. The maximum atomic E-state index is 12.9. The van der Waals surface area contributed by atoms with E-state index in [1.54, 1.807) is 12.1 Å². The summed E-state index contributed by atoms with van der Waals surface area (Å²) in [6.07, 6.45) is -0.797. The molecule has 1 saturated heterocycles. The Hall–Kier alpha value is -0.720. The first kappa shape index (κ1) is 12.7. The fourth-order valence-electron chi connectivity index (χ4n) is 1.60. The van der Waals surface area contributed by atoms with Crippen LogP contribution in [0.2, 0.25) is 5.02 Å². The molecule has 2 atom stereocenters. The van der Waals surface area contributed by atoms with Gasteiger partial charge < -0.3 is 10.6 Å². The summed E-state index contributed by atoms with van der Waals surface area (Å²) in [5, 5.41) is 5.71. The number of hydrogen-bond acceptors (Lipinski definition) is 3. The average molecular weight is 323 g/mol. The zero-order valence-electron chi connectivity index (χ0n) is 8.71. The molecule has 92 valence electrons. The quantitative estimate of drug-likeness (QED) is 0.820. The van der Waals surface area contributed by atoms with E-state index in [-0.39, 0.29) is 24.7 Å². The van der Waals surface area contributed by atoms with Crippen LogP contribution in [0.15, 0.2) is 16.7 Å². The first-order valence-corrected chi connectivity index (χ1v) is 6.23. The van der Waals surface area contributed by atoms with Gasteiger partial charge in [0.1, 0.15) is 10.8 Å². The fourth-order valence-corrected chi connectivity index (χ4v) is 2.06.